The largest absolute Gasteiger partial charge is 0.394 e. The molecule has 0 spiro atoms. The molecule has 0 radical (unpaired) electrons. The number of rotatable bonds is 3. The highest BCUT2D eigenvalue weighted by Gasteiger charge is 2.14. The van der Waals surface area contributed by atoms with Crippen molar-refractivity contribution in [3.05, 3.63) is 27.7 Å². The average molecular weight is 322 g/mol. The average Bonchev–Trinajstić information content (AvgIpc) is 2.31. The number of carbonyl (C=O) groups excluding carboxylic acids is 1. The molecule has 4 nitrogen and oxygen atoms in total. The molecule has 0 bridgehead atoms. The van der Waals surface area contributed by atoms with Gasteiger partial charge in [-0.2, -0.15) is 0 Å². The van der Waals surface area contributed by atoms with Crippen molar-refractivity contribution >= 4 is 39.2 Å². The van der Waals surface area contributed by atoms with E-state index in [4.69, 9.17) is 16.7 Å². The smallest absolute Gasteiger partial charge is 0.321 e. The van der Waals surface area contributed by atoms with E-state index < -0.39 is 0 Å². The summed E-state index contributed by atoms with van der Waals surface area (Å²) in [6.45, 7) is 1.69. The first-order valence-corrected chi connectivity index (χ1v) is 6.22. The lowest BCUT2D eigenvalue weighted by atomic mass is 10.3. The molecule has 0 heterocycles. The van der Waals surface area contributed by atoms with E-state index in [0.29, 0.717) is 10.7 Å². The van der Waals surface area contributed by atoms with Gasteiger partial charge in [-0.15, -0.1) is 0 Å². The number of amides is 2. The summed E-state index contributed by atoms with van der Waals surface area (Å²) in [6, 6.07) is 4.61. The molecule has 1 atom stereocenters. The van der Waals surface area contributed by atoms with Crippen LogP contribution in [0.5, 0.6) is 0 Å². The van der Waals surface area contributed by atoms with E-state index in [1.165, 1.54) is 4.90 Å². The van der Waals surface area contributed by atoms with E-state index in [9.17, 15) is 4.79 Å². The minimum absolute atomic E-state index is 0.0752. The summed E-state index contributed by atoms with van der Waals surface area (Å²) >= 11 is 9.13. The Balaban J connectivity index is 2.71. The minimum Gasteiger partial charge on any atom is -0.394 e. The van der Waals surface area contributed by atoms with Crippen LogP contribution < -0.4 is 5.32 Å². The van der Waals surface area contributed by atoms with Gasteiger partial charge in [0.25, 0.3) is 0 Å². The van der Waals surface area contributed by atoms with Gasteiger partial charge in [0.1, 0.15) is 0 Å². The third-order valence-corrected chi connectivity index (χ3v) is 3.63. The van der Waals surface area contributed by atoms with E-state index in [-0.39, 0.29) is 18.7 Å². The van der Waals surface area contributed by atoms with Crippen LogP contribution in [-0.2, 0) is 0 Å². The molecule has 0 aliphatic carbocycles. The van der Waals surface area contributed by atoms with E-state index in [0.717, 1.165) is 4.47 Å². The Bertz CT molecular complexity index is 414. The summed E-state index contributed by atoms with van der Waals surface area (Å²) in [4.78, 5) is 13.2. The number of likely N-dealkylation sites (N-methyl/N-ethyl adjacent to an activating group) is 1. The standard InChI is InChI=1S/C11H14BrClN2O2/c1-7(6-16)15(2)11(17)14-8-3-4-10(13)9(12)5-8/h3-5,7,16H,6H2,1-2H3,(H,14,17)/t7-/m0/s1. The molecule has 0 fully saturated rings. The fraction of sp³-hybridized carbons (Fsp3) is 0.364. The normalized spacial score (nSPS) is 12.1. The maximum absolute atomic E-state index is 11.8. The lowest BCUT2D eigenvalue weighted by Gasteiger charge is -2.23. The summed E-state index contributed by atoms with van der Waals surface area (Å²) in [6.07, 6.45) is 0. The molecule has 1 aromatic carbocycles. The summed E-state index contributed by atoms with van der Waals surface area (Å²) in [5, 5.41) is 12.2. The third-order valence-electron chi connectivity index (χ3n) is 2.42. The SMILES string of the molecule is C[C@@H](CO)N(C)C(=O)Nc1ccc(Cl)c(Br)c1. The molecule has 0 aliphatic heterocycles. The molecule has 2 amide bonds. The lowest BCUT2D eigenvalue weighted by Crippen LogP contribution is -2.40. The number of nitrogens with zero attached hydrogens (tertiary/aromatic N) is 1. The molecule has 17 heavy (non-hydrogen) atoms. The summed E-state index contributed by atoms with van der Waals surface area (Å²) in [7, 11) is 1.63. The van der Waals surface area contributed by atoms with Crippen LogP contribution in [0.25, 0.3) is 0 Å². The molecular formula is C11H14BrClN2O2. The first-order valence-electron chi connectivity index (χ1n) is 5.05. The lowest BCUT2D eigenvalue weighted by molar-refractivity contribution is 0.166. The van der Waals surface area contributed by atoms with Crippen molar-refractivity contribution in [2.75, 3.05) is 19.0 Å². The van der Waals surface area contributed by atoms with Gasteiger partial charge in [0.2, 0.25) is 0 Å². The Hall–Kier alpha value is -0.780. The molecule has 1 aromatic rings. The summed E-state index contributed by atoms with van der Waals surface area (Å²) in [5.74, 6) is 0. The van der Waals surface area contributed by atoms with Crippen LogP contribution >= 0.6 is 27.5 Å². The Labute approximate surface area is 114 Å². The predicted octanol–water partition coefficient (Wildman–Crippen LogP) is 2.95. The second kappa shape index (κ2) is 6.23. The van der Waals surface area contributed by atoms with Gasteiger partial charge in [0.05, 0.1) is 17.7 Å². The van der Waals surface area contributed by atoms with Crippen molar-refractivity contribution in [2.24, 2.45) is 0 Å². The Morgan fingerprint density at radius 1 is 1.65 bits per heavy atom. The number of hydrogen-bond donors (Lipinski definition) is 2. The van der Waals surface area contributed by atoms with Crippen LogP contribution in [0.15, 0.2) is 22.7 Å². The highest BCUT2D eigenvalue weighted by molar-refractivity contribution is 9.10. The minimum atomic E-state index is -0.277. The van der Waals surface area contributed by atoms with E-state index in [1.54, 1.807) is 32.2 Å². The summed E-state index contributed by atoms with van der Waals surface area (Å²) < 4.78 is 0.717. The zero-order valence-corrected chi connectivity index (χ0v) is 11.9. The number of benzene rings is 1. The number of anilines is 1. The first kappa shape index (κ1) is 14.3. The van der Waals surface area contributed by atoms with E-state index in [1.807, 2.05) is 0 Å². The van der Waals surface area contributed by atoms with Gasteiger partial charge >= 0.3 is 6.03 Å². The van der Waals surface area contributed by atoms with Crippen LogP contribution in [0.3, 0.4) is 0 Å². The third kappa shape index (κ3) is 3.87. The molecule has 0 aromatic heterocycles. The zero-order valence-electron chi connectivity index (χ0n) is 9.58. The van der Waals surface area contributed by atoms with Gasteiger partial charge in [-0.05, 0) is 41.1 Å². The zero-order chi connectivity index (χ0) is 13.0. The van der Waals surface area contributed by atoms with Gasteiger partial charge in [-0.25, -0.2) is 4.79 Å². The number of carbonyl (C=O) groups is 1. The monoisotopic (exact) mass is 320 g/mol. The predicted molar refractivity (Wildman–Crippen MR) is 72.5 cm³/mol. The number of nitrogens with one attached hydrogen (secondary N) is 1. The maximum atomic E-state index is 11.8. The Kier molecular flexibility index (Phi) is 5.24. The van der Waals surface area contributed by atoms with Crippen LogP contribution in [0.1, 0.15) is 6.92 Å². The molecular weight excluding hydrogens is 307 g/mol. The Morgan fingerprint density at radius 2 is 2.29 bits per heavy atom. The van der Waals surface area contributed by atoms with Gasteiger partial charge in [0.15, 0.2) is 0 Å². The topological polar surface area (TPSA) is 52.6 Å². The second-order valence-corrected chi connectivity index (χ2v) is 4.96. The van der Waals surface area contributed by atoms with Gasteiger partial charge in [-0.3, -0.25) is 0 Å². The number of aliphatic hydroxyl groups excluding tert-OH is 1. The highest BCUT2D eigenvalue weighted by Crippen LogP contribution is 2.25. The molecule has 0 saturated heterocycles. The van der Waals surface area contributed by atoms with Crippen LogP contribution in [0.2, 0.25) is 5.02 Å². The fourth-order valence-corrected chi connectivity index (χ4v) is 1.60. The molecule has 0 aliphatic rings. The molecule has 94 valence electrons. The molecule has 0 unspecified atom stereocenters. The van der Waals surface area contributed by atoms with Gasteiger partial charge < -0.3 is 15.3 Å². The van der Waals surface area contributed by atoms with Crippen molar-refractivity contribution in [3.63, 3.8) is 0 Å². The van der Waals surface area contributed by atoms with Gasteiger partial charge in [-0.1, -0.05) is 11.6 Å². The van der Waals surface area contributed by atoms with E-state index in [2.05, 4.69) is 21.2 Å². The number of aliphatic hydroxyl groups is 1. The van der Waals surface area contributed by atoms with Crippen molar-refractivity contribution in [2.45, 2.75) is 13.0 Å². The molecule has 0 saturated carbocycles. The van der Waals surface area contributed by atoms with Crippen LogP contribution in [-0.4, -0.2) is 35.7 Å². The van der Waals surface area contributed by atoms with Crippen LogP contribution in [0, 0.1) is 0 Å². The van der Waals surface area contributed by atoms with Gasteiger partial charge in [0, 0.05) is 17.2 Å². The second-order valence-electron chi connectivity index (χ2n) is 3.70. The number of urea groups is 1. The van der Waals surface area contributed by atoms with Crippen molar-refractivity contribution < 1.29 is 9.90 Å². The number of hydrogen-bond acceptors (Lipinski definition) is 2. The molecule has 1 rings (SSSR count). The molecule has 2 N–H and O–H groups in total. The fourth-order valence-electron chi connectivity index (χ4n) is 1.11. The number of halogens is 2. The Morgan fingerprint density at radius 3 is 2.82 bits per heavy atom. The molecule has 6 heteroatoms. The first-order chi connectivity index (χ1) is 7.95. The van der Waals surface area contributed by atoms with Crippen molar-refractivity contribution in [1.29, 1.82) is 0 Å². The van der Waals surface area contributed by atoms with Crippen molar-refractivity contribution in [3.8, 4) is 0 Å². The summed E-state index contributed by atoms with van der Waals surface area (Å²) in [5.41, 5.74) is 0.642. The van der Waals surface area contributed by atoms with Crippen molar-refractivity contribution in [1.82, 2.24) is 4.90 Å². The van der Waals surface area contributed by atoms with Crippen LogP contribution in [0.4, 0.5) is 10.5 Å². The van der Waals surface area contributed by atoms with E-state index >= 15 is 0 Å². The highest BCUT2D eigenvalue weighted by atomic mass is 79.9. The quantitative estimate of drug-likeness (QED) is 0.899. The maximum Gasteiger partial charge on any atom is 0.321 e.